The average molecular weight is 283 g/mol. The Morgan fingerprint density at radius 1 is 1.10 bits per heavy atom. The molecule has 0 atom stereocenters. The van der Waals surface area contributed by atoms with E-state index in [0.29, 0.717) is 0 Å². The molecule has 3 heteroatoms. The SMILES string of the molecule is CCc1cc(NC(C)(C)CCc2ccccc2)nc(C)n1. The highest BCUT2D eigenvalue weighted by molar-refractivity contribution is 5.38. The molecule has 112 valence electrons. The highest BCUT2D eigenvalue weighted by Gasteiger charge is 2.18. The van der Waals surface area contributed by atoms with E-state index in [9.17, 15) is 0 Å². The van der Waals surface area contributed by atoms with E-state index >= 15 is 0 Å². The van der Waals surface area contributed by atoms with Crippen molar-refractivity contribution in [1.82, 2.24) is 9.97 Å². The summed E-state index contributed by atoms with van der Waals surface area (Å²) in [6, 6.07) is 12.7. The van der Waals surface area contributed by atoms with E-state index < -0.39 is 0 Å². The summed E-state index contributed by atoms with van der Waals surface area (Å²) < 4.78 is 0. The Morgan fingerprint density at radius 3 is 2.48 bits per heavy atom. The van der Waals surface area contributed by atoms with E-state index in [1.165, 1.54) is 5.56 Å². The molecule has 1 aromatic heterocycles. The molecule has 0 radical (unpaired) electrons. The van der Waals surface area contributed by atoms with Crippen LogP contribution in [-0.2, 0) is 12.8 Å². The van der Waals surface area contributed by atoms with Crippen LogP contribution in [0.2, 0.25) is 0 Å². The van der Waals surface area contributed by atoms with Crippen molar-refractivity contribution in [1.29, 1.82) is 0 Å². The number of aromatic nitrogens is 2. The van der Waals surface area contributed by atoms with Crippen molar-refractivity contribution in [3.63, 3.8) is 0 Å². The molecular weight excluding hydrogens is 258 g/mol. The first-order valence-corrected chi connectivity index (χ1v) is 7.65. The van der Waals surface area contributed by atoms with Gasteiger partial charge in [-0.1, -0.05) is 37.3 Å². The highest BCUT2D eigenvalue weighted by Crippen LogP contribution is 2.20. The number of anilines is 1. The smallest absolute Gasteiger partial charge is 0.130 e. The fraction of sp³-hybridized carbons (Fsp3) is 0.444. The summed E-state index contributed by atoms with van der Waals surface area (Å²) in [4.78, 5) is 8.92. The maximum Gasteiger partial charge on any atom is 0.130 e. The molecule has 1 N–H and O–H groups in total. The molecule has 0 unspecified atom stereocenters. The normalized spacial score (nSPS) is 11.4. The van der Waals surface area contributed by atoms with Crippen molar-refractivity contribution in [2.24, 2.45) is 0 Å². The zero-order valence-electron chi connectivity index (χ0n) is 13.5. The van der Waals surface area contributed by atoms with Gasteiger partial charge in [0, 0.05) is 17.3 Å². The summed E-state index contributed by atoms with van der Waals surface area (Å²) in [5.74, 6) is 1.76. The molecule has 0 aliphatic rings. The zero-order valence-corrected chi connectivity index (χ0v) is 13.5. The summed E-state index contributed by atoms with van der Waals surface area (Å²) in [6.45, 7) is 8.51. The summed E-state index contributed by atoms with van der Waals surface area (Å²) in [5, 5.41) is 3.55. The third kappa shape index (κ3) is 4.85. The summed E-state index contributed by atoms with van der Waals surface area (Å²) >= 11 is 0. The Balaban J connectivity index is 2.01. The second kappa shape index (κ2) is 6.70. The van der Waals surface area contributed by atoms with Crippen LogP contribution in [0.4, 0.5) is 5.82 Å². The largest absolute Gasteiger partial charge is 0.365 e. The monoisotopic (exact) mass is 283 g/mol. The van der Waals surface area contributed by atoms with Gasteiger partial charge in [0.25, 0.3) is 0 Å². The number of rotatable bonds is 6. The Kier molecular flexibility index (Phi) is 4.94. The fourth-order valence-corrected chi connectivity index (χ4v) is 2.39. The van der Waals surface area contributed by atoms with Crippen LogP contribution >= 0.6 is 0 Å². The van der Waals surface area contributed by atoms with Crippen molar-refractivity contribution in [2.45, 2.75) is 52.5 Å². The second-order valence-electron chi connectivity index (χ2n) is 6.14. The van der Waals surface area contributed by atoms with Crippen LogP contribution in [0, 0.1) is 6.92 Å². The predicted octanol–water partition coefficient (Wildman–Crippen LogP) is 4.17. The maximum absolute atomic E-state index is 4.50. The molecule has 0 fully saturated rings. The molecule has 3 nitrogen and oxygen atoms in total. The van der Waals surface area contributed by atoms with Crippen molar-refractivity contribution in [3.05, 3.63) is 53.5 Å². The summed E-state index contributed by atoms with van der Waals surface area (Å²) in [6.07, 6.45) is 3.05. The van der Waals surface area contributed by atoms with Crippen LogP contribution < -0.4 is 5.32 Å². The van der Waals surface area contributed by atoms with Crippen molar-refractivity contribution in [3.8, 4) is 0 Å². The third-order valence-corrected chi connectivity index (χ3v) is 3.60. The fourth-order valence-electron chi connectivity index (χ4n) is 2.39. The molecule has 2 rings (SSSR count). The zero-order chi connectivity index (χ0) is 15.3. The average Bonchev–Trinajstić information content (AvgIpc) is 2.45. The van der Waals surface area contributed by atoms with Crippen LogP contribution in [0.1, 0.15) is 44.3 Å². The predicted molar refractivity (Wildman–Crippen MR) is 88.6 cm³/mol. The van der Waals surface area contributed by atoms with Gasteiger partial charge in [0.05, 0.1) is 0 Å². The van der Waals surface area contributed by atoms with Gasteiger partial charge >= 0.3 is 0 Å². The van der Waals surface area contributed by atoms with Gasteiger partial charge in [-0.05, 0) is 45.6 Å². The lowest BCUT2D eigenvalue weighted by molar-refractivity contribution is 0.516. The Morgan fingerprint density at radius 2 is 1.81 bits per heavy atom. The van der Waals surface area contributed by atoms with E-state index in [2.05, 4.69) is 72.5 Å². The molecule has 0 aliphatic heterocycles. The van der Waals surface area contributed by atoms with Crippen molar-refractivity contribution < 1.29 is 0 Å². The summed E-state index contributed by atoms with van der Waals surface area (Å²) in [5.41, 5.74) is 2.46. The Hall–Kier alpha value is -1.90. The van der Waals surface area contributed by atoms with E-state index in [1.807, 2.05) is 6.92 Å². The second-order valence-corrected chi connectivity index (χ2v) is 6.14. The molecular formula is C18H25N3. The van der Waals surface area contributed by atoms with Gasteiger partial charge in [-0.15, -0.1) is 0 Å². The molecule has 0 saturated carbocycles. The van der Waals surface area contributed by atoms with Crippen LogP contribution in [0.25, 0.3) is 0 Å². The third-order valence-electron chi connectivity index (χ3n) is 3.60. The lowest BCUT2D eigenvalue weighted by Crippen LogP contribution is -2.32. The molecule has 1 aromatic carbocycles. The van der Waals surface area contributed by atoms with Crippen molar-refractivity contribution >= 4 is 5.82 Å². The number of nitrogens with zero attached hydrogens (tertiary/aromatic N) is 2. The molecule has 0 aliphatic carbocycles. The first kappa shape index (κ1) is 15.5. The van der Waals surface area contributed by atoms with Gasteiger partial charge in [-0.25, -0.2) is 9.97 Å². The van der Waals surface area contributed by atoms with Gasteiger partial charge < -0.3 is 5.32 Å². The first-order chi connectivity index (χ1) is 9.98. The Labute approximate surface area is 127 Å². The summed E-state index contributed by atoms with van der Waals surface area (Å²) in [7, 11) is 0. The van der Waals surface area contributed by atoms with E-state index in [-0.39, 0.29) is 5.54 Å². The van der Waals surface area contributed by atoms with Gasteiger partial charge in [-0.3, -0.25) is 0 Å². The van der Waals surface area contributed by atoms with Crippen LogP contribution in [-0.4, -0.2) is 15.5 Å². The lowest BCUT2D eigenvalue weighted by atomic mass is 9.95. The molecule has 0 saturated heterocycles. The van der Waals surface area contributed by atoms with Crippen LogP contribution in [0.3, 0.4) is 0 Å². The van der Waals surface area contributed by atoms with Crippen LogP contribution in [0.15, 0.2) is 36.4 Å². The molecule has 0 spiro atoms. The number of aryl methyl sites for hydroxylation is 3. The number of nitrogens with one attached hydrogen (secondary N) is 1. The van der Waals surface area contributed by atoms with Gasteiger partial charge in [0.2, 0.25) is 0 Å². The van der Waals surface area contributed by atoms with Gasteiger partial charge in [0.15, 0.2) is 0 Å². The molecule has 1 heterocycles. The first-order valence-electron chi connectivity index (χ1n) is 7.65. The van der Waals surface area contributed by atoms with Gasteiger partial charge in [-0.2, -0.15) is 0 Å². The Bertz CT molecular complexity index is 576. The lowest BCUT2D eigenvalue weighted by Gasteiger charge is -2.27. The highest BCUT2D eigenvalue weighted by atomic mass is 15.1. The minimum absolute atomic E-state index is 0.00163. The molecule has 2 aromatic rings. The van der Waals surface area contributed by atoms with E-state index in [4.69, 9.17) is 0 Å². The minimum Gasteiger partial charge on any atom is -0.365 e. The van der Waals surface area contributed by atoms with Crippen molar-refractivity contribution in [2.75, 3.05) is 5.32 Å². The molecule has 21 heavy (non-hydrogen) atoms. The number of hydrogen-bond donors (Lipinski definition) is 1. The minimum atomic E-state index is 0.00163. The number of hydrogen-bond acceptors (Lipinski definition) is 3. The van der Waals surface area contributed by atoms with Crippen LogP contribution in [0.5, 0.6) is 0 Å². The molecule has 0 bridgehead atoms. The number of benzene rings is 1. The standard InChI is InChI=1S/C18H25N3/c1-5-16-13-17(20-14(2)19-16)21-18(3,4)12-11-15-9-7-6-8-10-15/h6-10,13H,5,11-12H2,1-4H3,(H,19,20,21). The van der Waals surface area contributed by atoms with E-state index in [1.54, 1.807) is 0 Å². The topological polar surface area (TPSA) is 37.8 Å². The quantitative estimate of drug-likeness (QED) is 0.864. The molecule has 0 amide bonds. The van der Waals surface area contributed by atoms with E-state index in [0.717, 1.165) is 36.6 Å². The van der Waals surface area contributed by atoms with Gasteiger partial charge in [0.1, 0.15) is 11.6 Å². The maximum atomic E-state index is 4.50.